The lowest BCUT2D eigenvalue weighted by Crippen LogP contribution is -2.34. The van der Waals surface area contributed by atoms with Gasteiger partial charge in [0.2, 0.25) is 5.91 Å². The monoisotopic (exact) mass is 389 g/mol. The highest BCUT2D eigenvalue weighted by atomic mass is 16.1. The molecule has 1 aromatic carbocycles. The minimum absolute atomic E-state index is 0.109. The van der Waals surface area contributed by atoms with E-state index in [0.717, 1.165) is 42.1 Å². The Morgan fingerprint density at radius 2 is 1.93 bits per heavy atom. The molecule has 1 N–H and O–H groups in total. The standard InChI is InChI=1S/C23H27N5O/c1-3-27(4-2)16-15-25-22(29)13-12-20-18-28(21-10-6-5-7-11-21)26-23(20)19-9-8-14-24-17-19/h5-14,17-18H,3-4,15-16H2,1-2H3,(H,25,29)/b13-12+. The van der Waals surface area contributed by atoms with Crippen molar-refractivity contribution in [2.24, 2.45) is 0 Å². The fraction of sp³-hybridized carbons (Fsp3) is 0.261. The number of benzene rings is 1. The zero-order valence-corrected chi connectivity index (χ0v) is 17.0. The van der Waals surface area contributed by atoms with Gasteiger partial charge in [-0.3, -0.25) is 9.78 Å². The van der Waals surface area contributed by atoms with Gasteiger partial charge in [-0.15, -0.1) is 0 Å². The van der Waals surface area contributed by atoms with Crippen LogP contribution in [-0.4, -0.2) is 51.8 Å². The summed E-state index contributed by atoms with van der Waals surface area (Å²) in [6.45, 7) is 7.68. The SMILES string of the molecule is CCN(CC)CCNC(=O)/C=C/c1cn(-c2ccccc2)nc1-c1cccnc1. The van der Waals surface area contributed by atoms with Crippen molar-refractivity contribution in [1.29, 1.82) is 0 Å². The summed E-state index contributed by atoms with van der Waals surface area (Å²) < 4.78 is 1.82. The van der Waals surface area contributed by atoms with E-state index in [1.165, 1.54) is 0 Å². The molecule has 150 valence electrons. The van der Waals surface area contributed by atoms with Crippen molar-refractivity contribution in [2.45, 2.75) is 13.8 Å². The molecule has 0 unspecified atom stereocenters. The Balaban J connectivity index is 1.77. The second-order valence-corrected chi connectivity index (χ2v) is 6.61. The summed E-state index contributed by atoms with van der Waals surface area (Å²) in [4.78, 5) is 18.7. The zero-order chi connectivity index (χ0) is 20.5. The number of para-hydroxylation sites is 1. The van der Waals surface area contributed by atoms with Crippen LogP contribution in [0.15, 0.2) is 67.1 Å². The first-order valence-corrected chi connectivity index (χ1v) is 9.95. The van der Waals surface area contributed by atoms with Crippen LogP contribution in [0, 0.1) is 0 Å². The predicted molar refractivity (Wildman–Crippen MR) is 117 cm³/mol. The van der Waals surface area contributed by atoms with E-state index in [-0.39, 0.29) is 5.91 Å². The van der Waals surface area contributed by atoms with Gasteiger partial charge in [0.1, 0.15) is 5.69 Å². The van der Waals surface area contributed by atoms with Crippen molar-refractivity contribution in [2.75, 3.05) is 26.2 Å². The number of carbonyl (C=O) groups excluding carboxylic acids is 1. The van der Waals surface area contributed by atoms with E-state index in [4.69, 9.17) is 5.10 Å². The van der Waals surface area contributed by atoms with Gasteiger partial charge < -0.3 is 10.2 Å². The Morgan fingerprint density at radius 1 is 1.14 bits per heavy atom. The summed E-state index contributed by atoms with van der Waals surface area (Å²) in [6.07, 6.45) is 8.81. The topological polar surface area (TPSA) is 63.1 Å². The second-order valence-electron chi connectivity index (χ2n) is 6.61. The Hall–Kier alpha value is -3.25. The fourth-order valence-electron chi connectivity index (χ4n) is 3.05. The highest BCUT2D eigenvalue weighted by Crippen LogP contribution is 2.24. The van der Waals surface area contributed by atoms with Crippen LogP contribution >= 0.6 is 0 Å². The van der Waals surface area contributed by atoms with Crippen LogP contribution < -0.4 is 5.32 Å². The Kier molecular flexibility index (Phi) is 7.30. The first kappa shape index (κ1) is 20.5. The zero-order valence-electron chi connectivity index (χ0n) is 17.0. The van der Waals surface area contributed by atoms with Crippen molar-refractivity contribution in [3.63, 3.8) is 0 Å². The molecular weight excluding hydrogens is 362 g/mol. The molecule has 0 aliphatic rings. The number of rotatable bonds is 9. The van der Waals surface area contributed by atoms with Crippen molar-refractivity contribution >= 4 is 12.0 Å². The van der Waals surface area contributed by atoms with Crippen LogP contribution in [0.4, 0.5) is 0 Å². The molecule has 2 aromatic heterocycles. The quantitative estimate of drug-likeness (QED) is 0.570. The molecule has 0 fully saturated rings. The highest BCUT2D eigenvalue weighted by molar-refractivity contribution is 5.92. The molecule has 6 nitrogen and oxygen atoms in total. The van der Waals surface area contributed by atoms with Crippen LogP contribution in [0.1, 0.15) is 19.4 Å². The van der Waals surface area contributed by atoms with Gasteiger partial charge in [-0.05, 0) is 43.4 Å². The number of nitrogens with one attached hydrogen (secondary N) is 1. The van der Waals surface area contributed by atoms with E-state index < -0.39 is 0 Å². The van der Waals surface area contributed by atoms with Gasteiger partial charge in [0, 0.05) is 48.9 Å². The van der Waals surface area contributed by atoms with E-state index in [0.29, 0.717) is 6.54 Å². The maximum Gasteiger partial charge on any atom is 0.244 e. The highest BCUT2D eigenvalue weighted by Gasteiger charge is 2.11. The van der Waals surface area contributed by atoms with Crippen LogP contribution in [0.5, 0.6) is 0 Å². The lowest BCUT2D eigenvalue weighted by atomic mass is 10.1. The third-order valence-corrected chi connectivity index (χ3v) is 4.73. The van der Waals surface area contributed by atoms with Crippen molar-refractivity contribution < 1.29 is 4.79 Å². The fourth-order valence-corrected chi connectivity index (χ4v) is 3.05. The number of amides is 1. The molecule has 1 amide bonds. The average molecular weight is 390 g/mol. The summed E-state index contributed by atoms with van der Waals surface area (Å²) in [5.41, 5.74) is 3.51. The molecule has 0 radical (unpaired) electrons. The number of hydrogen-bond donors (Lipinski definition) is 1. The molecule has 0 aliphatic heterocycles. The van der Waals surface area contributed by atoms with Crippen molar-refractivity contribution in [1.82, 2.24) is 25.0 Å². The lowest BCUT2D eigenvalue weighted by Gasteiger charge is -2.17. The smallest absolute Gasteiger partial charge is 0.244 e. The second kappa shape index (κ2) is 10.3. The first-order valence-electron chi connectivity index (χ1n) is 9.95. The molecule has 0 aliphatic carbocycles. The summed E-state index contributed by atoms with van der Waals surface area (Å²) in [6, 6.07) is 13.7. The summed E-state index contributed by atoms with van der Waals surface area (Å²) in [5.74, 6) is -0.109. The van der Waals surface area contributed by atoms with Gasteiger partial charge in [-0.2, -0.15) is 5.10 Å². The number of aromatic nitrogens is 3. The van der Waals surface area contributed by atoms with Crippen LogP contribution in [0.3, 0.4) is 0 Å². The number of hydrogen-bond acceptors (Lipinski definition) is 4. The number of pyridine rings is 1. The van der Waals surface area contributed by atoms with Gasteiger partial charge in [0.25, 0.3) is 0 Å². The van der Waals surface area contributed by atoms with E-state index in [1.54, 1.807) is 18.5 Å². The third-order valence-electron chi connectivity index (χ3n) is 4.73. The molecular formula is C23H27N5O. The number of likely N-dealkylation sites (N-methyl/N-ethyl adjacent to an activating group) is 1. The normalized spacial score (nSPS) is 11.3. The Morgan fingerprint density at radius 3 is 2.62 bits per heavy atom. The summed E-state index contributed by atoms with van der Waals surface area (Å²) in [5, 5.41) is 7.67. The molecule has 2 heterocycles. The summed E-state index contributed by atoms with van der Waals surface area (Å²) in [7, 11) is 0. The van der Waals surface area contributed by atoms with Gasteiger partial charge in [-0.1, -0.05) is 32.0 Å². The van der Waals surface area contributed by atoms with E-state index >= 15 is 0 Å². The molecule has 6 heteroatoms. The predicted octanol–water partition coefficient (Wildman–Crippen LogP) is 3.41. The molecule has 3 aromatic rings. The average Bonchev–Trinajstić information content (AvgIpc) is 3.21. The van der Waals surface area contributed by atoms with Gasteiger partial charge in [0.05, 0.1) is 5.69 Å². The maximum absolute atomic E-state index is 12.2. The van der Waals surface area contributed by atoms with Gasteiger partial charge in [0.15, 0.2) is 0 Å². The van der Waals surface area contributed by atoms with Gasteiger partial charge in [-0.25, -0.2) is 4.68 Å². The van der Waals surface area contributed by atoms with E-state index in [9.17, 15) is 4.79 Å². The number of nitrogens with zero attached hydrogens (tertiary/aromatic N) is 4. The maximum atomic E-state index is 12.2. The number of carbonyl (C=O) groups is 1. The van der Waals surface area contributed by atoms with Crippen LogP contribution in [0.25, 0.3) is 23.0 Å². The molecule has 0 saturated heterocycles. The minimum atomic E-state index is -0.109. The molecule has 0 saturated carbocycles. The molecule has 0 bridgehead atoms. The Bertz CT molecular complexity index is 930. The minimum Gasteiger partial charge on any atom is -0.351 e. The third kappa shape index (κ3) is 5.62. The molecule has 0 spiro atoms. The first-order chi connectivity index (χ1) is 14.2. The van der Waals surface area contributed by atoms with Crippen LogP contribution in [-0.2, 0) is 4.79 Å². The van der Waals surface area contributed by atoms with Crippen LogP contribution in [0.2, 0.25) is 0 Å². The van der Waals surface area contributed by atoms with E-state index in [2.05, 4.69) is 29.0 Å². The molecule has 0 atom stereocenters. The Labute approximate surface area is 171 Å². The largest absolute Gasteiger partial charge is 0.351 e. The summed E-state index contributed by atoms with van der Waals surface area (Å²) >= 11 is 0. The van der Waals surface area contributed by atoms with Crippen molar-refractivity contribution in [3.05, 3.63) is 72.7 Å². The van der Waals surface area contributed by atoms with Crippen molar-refractivity contribution in [3.8, 4) is 16.9 Å². The lowest BCUT2D eigenvalue weighted by molar-refractivity contribution is -0.116. The molecule has 3 rings (SSSR count). The van der Waals surface area contributed by atoms with E-state index in [1.807, 2.05) is 59.4 Å². The molecule has 29 heavy (non-hydrogen) atoms. The van der Waals surface area contributed by atoms with Gasteiger partial charge >= 0.3 is 0 Å².